The summed E-state index contributed by atoms with van der Waals surface area (Å²) >= 11 is 0. The molecule has 3 nitrogen and oxygen atoms in total. The van der Waals surface area contributed by atoms with Crippen LogP contribution in [0, 0.1) is 6.92 Å². The highest BCUT2D eigenvalue weighted by molar-refractivity contribution is 5.41. The highest BCUT2D eigenvalue weighted by atomic mass is 16.5. The number of aryl methyl sites for hydroxylation is 1. The van der Waals surface area contributed by atoms with Crippen molar-refractivity contribution in [1.82, 2.24) is 5.32 Å². The number of rotatable bonds is 7. The lowest BCUT2D eigenvalue weighted by Gasteiger charge is -2.11. The third-order valence-corrected chi connectivity index (χ3v) is 3.14. The summed E-state index contributed by atoms with van der Waals surface area (Å²) in [5.74, 6) is 2.59. The van der Waals surface area contributed by atoms with Crippen molar-refractivity contribution in [3.63, 3.8) is 0 Å². The van der Waals surface area contributed by atoms with Crippen LogP contribution in [0.2, 0.25) is 0 Å². The quantitative estimate of drug-likeness (QED) is 0.823. The molecule has 2 rings (SSSR count). The van der Waals surface area contributed by atoms with Crippen LogP contribution in [0.1, 0.15) is 24.5 Å². The van der Waals surface area contributed by atoms with Crippen LogP contribution in [-0.4, -0.2) is 13.7 Å². The van der Waals surface area contributed by atoms with E-state index in [1.54, 1.807) is 0 Å². The van der Waals surface area contributed by atoms with Crippen molar-refractivity contribution in [3.8, 4) is 17.2 Å². The van der Waals surface area contributed by atoms with E-state index in [4.69, 9.17) is 9.47 Å². The summed E-state index contributed by atoms with van der Waals surface area (Å²) in [7, 11) is 1.95. The van der Waals surface area contributed by atoms with Gasteiger partial charge >= 0.3 is 0 Å². The minimum atomic E-state index is 0.742. The Balaban J connectivity index is 2.04. The molecule has 0 fully saturated rings. The van der Waals surface area contributed by atoms with Gasteiger partial charge in [0.1, 0.15) is 17.2 Å². The van der Waals surface area contributed by atoms with E-state index < -0.39 is 0 Å². The Labute approximate surface area is 126 Å². The maximum Gasteiger partial charge on any atom is 0.130 e. The molecule has 0 unspecified atom stereocenters. The predicted molar refractivity (Wildman–Crippen MR) is 86.2 cm³/mol. The summed E-state index contributed by atoms with van der Waals surface area (Å²) in [5, 5.41) is 3.15. The maximum atomic E-state index is 5.93. The second kappa shape index (κ2) is 7.70. The average molecular weight is 285 g/mol. The summed E-state index contributed by atoms with van der Waals surface area (Å²) in [5.41, 5.74) is 2.39. The summed E-state index contributed by atoms with van der Waals surface area (Å²) in [6.45, 7) is 5.77. The van der Waals surface area contributed by atoms with Crippen LogP contribution in [0.15, 0.2) is 42.5 Å². The van der Waals surface area contributed by atoms with Crippen molar-refractivity contribution in [2.24, 2.45) is 0 Å². The second-order valence-electron chi connectivity index (χ2n) is 5.05. The standard InChI is InChI=1S/C18H23NO2/c1-4-11-20-16-6-8-17(9-7-16)21-18-10-5-15(13-19-3)12-14(18)2/h5-10,12,19H,4,11,13H2,1-3H3. The molecule has 2 aromatic carbocycles. The van der Waals surface area contributed by atoms with E-state index in [1.165, 1.54) is 5.56 Å². The van der Waals surface area contributed by atoms with Crippen LogP contribution in [-0.2, 0) is 6.54 Å². The first-order valence-electron chi connectivity index (χ1n) is 7.37. The van der Waals surface area contributed by atoms with Gasteiger partial charge in [-0.15, -0.1) is 0 Å². The van der Waals surface area contributed by atoms with Crippen molar-refractivity contribution in [3.05, 3.63) is 53.6 Å². The molecular formula is C18H23NO2. The second-order valence-corrected chi connectivity index (χ2v) is 5.05. The lowest BCUT2D eigenvalue weighted by Crippen LogP contribution is -2.05. The molecule has 21 heavy (non-hydrogen) atoms. The van der Waals surface area contributed by atoms with Gasteiger partial charge in [0.15, 0.2) is 0 Å². The molecule has 3 heteroatoms. The van der Waals surface area contributed by atoms with E-state index in [9.17, 15) is 0 Å². The molecule has 0 heterocycles. The fraction of sp³-hybridized carbons (Fsp3) is 0.333. The van der Waals surface area contributed by atoms with Crippen LogP contribution in [0.4, 0.5) is 0 Å². The minimum Gasteiger partial charge on any atom is -0.494 e. The number of ether oxygens (including phenoxy) is 2. The molecule has 2 aromatic rings. The van der Waals surface area contributed by atoms with E-state index in [-0.39, 0.29) is 0 Å². The molecule has 0 aliphatic heterocycles. The van der Waals surface area contributed by atoms with Crippen molar-refractivity contribution >= 4 is 0 Å². The molecular weight excluding hydrogens is 262 g/mol. The van der Waals surface area contributed by atoms with E-state index in [0.29, 0.717) is 0 Å². The molecule has 0 saturated carbocycles. The van der Waals surface area contributed by atoms with Gasteiger partial charge in [0, 0.05) is 6.54 Å². The summed E-state index contributed by atoms with van der Waals surface area (Å²) in [4.78, 5) is 0. The van der Waals surface area contributed by atoms with E-state index >= 15 is 0 Å². The van der Waals surface area contributed by atoms with Gasteiger partial charge in [0.05, 0.1) is 6.61 Å². The van der Waals surface area contributed by atoms with Crippen LogP contribution in [0.5, 0.6) is 17.2 Å². The Morgan fingerprint density at radius 2 is 1.71 bits per heavy atom. The van der Waals surface area contributed by atoms with E-state index in [0.717, 1.165) is 42.4 Å². The Kier molecular flexibility index (Phi) is 5.64. The average Bonchev–Trinajstić information content (AvgIpc) is 2.49. The van der Waals surface area contributed by atoms with Gasteiger partial charge in [0.25, 0.3) is 0 Å². The maximum absolute atomic E-state index is 5.93. The molecule has 0 aromatic heterocycles. The number of hydrogen-bond acceptors (Lipinski definition) is 3. The fourth-order valence-corrected chi connectivity index (χ4v) is 2.09. The SMILES string of the molecule is CCCOc1ccc(Oc2ccc(CNC)cc2C)cc1. The summed E-state index contributed by atoms with van der Waals surface area (Å²) < 4.78 is 11.5. The molecule has 0 aliphatic carbocycles. The van der Waals surface area contributed by atoms with Crippen LogP contribution in [0.3, 0.4) is 0 Å². The van der Waals surface area contributed by atoms with Crippen molar-refractivity contribution in [2.75, 3.05) is 13.7 Å². The Morgan fingerprint density at radius 1 is 1.00 bits per heavy atom. The predicted octanol–water partition coefficient (Wildman–Crippen LogP) is 4.30. The number of benzene rings is 2. The topological polar surface area (TPSA) is 30.5 Å². The summed E-state index contributed by atoms with van der Waals surface area (Å²) in [6, 6.07) is 14.0. The molecule has 0 aliphatic rings. The van der Waals surface area contributed by atoms with Crippen molar-refractivity contribution in [1.29, 1.82) is 0 Å². The number of hydrogen-bond donors (Lipinski definition) is 1. The lowest BCUT2D eigenvalue weighted by molar-refractivity contribution is 0.317. The molecule has 0 saturated heterocycles. The fourth-order valence-electron chi connectivity index (χ4n) is 2.09. The molecule has 0 radical (unpaired) electrons. The Bertz CT molecular complexity index is 564. The highest BCUT2D eigenvalue weighted by Gasteiger charge is 2.03. The largest absolute Gasteiger partial charge is 0.494 e. The Hall–Kier alpha value is -2.00. The lowest BCUT2D eigenvalue weighted by atomic mass is 10.1. The van der Waals surface area contributed by atoms with Gasteiger partial charge in [-0.2, -0.15) is 0 Å². The van der Waals surface area contributed by atoms with Gasteiger partial charge in [-0.05, 0) is 61.9 Å². The third-order valence-electron chi connectivity index (χ3n) is 3.14. The number of nitrogens with one attached hydrogen (secondary N) is 1. The van der Waals surface area contributed by atoms with Gasteiger partial charge in [-0.1, -0.05) is 19.1 Å². The normalized spacial score (nSPS) is 10.4. The van der Waals surface area contributed by atoms with Gasteiger partial charge in [-0.3, -0.25) is 0 Å². The summed E-state index contributed by atoms with van der Waals surface area (Å²) in [6.07, 6.45) is 1.01. The molecule has 1 N–H and O–H groups in total. The van der Waals surface area contributed by atoms with E-state index in [2.05, 4.69) is 31.3 Å². The Morgan fingerprint density at radius 3 is 2.33 bits per heavy atom. The van der Waals surface area contributed by atoms with Gasteiger partial charge in [-0.25, -0.2) is 0 Å². The zero-order valence-electron chi connectivity index (χ0n) is 13.0. The molecule has 0 amide bonds. The first kappa shape index (κ1) is 15.4. The first-order chi connectivity index (χ1) is 10.2. The molecule has 112 valence electrons. The smallest absolute Gasteiger partial charge is 0.130 e. The molecule has 0 spiro atoms. The van der Waals surface area contributed by atoms with Gasteiger partial charge in [0.2, 0.25) is 0 Å². The molecule has 0 bridgehead atoms. The van der Waals surface area contributed by atoms with Crippen LogP contribution in [0.25, 0.3) is 0 Å². The van der Waals surface area contributed by atoms with Crippen LogP contribution >= 0.6 is 0 Å². The van der Waals surface area contributed by atoms with Crippen molar-refractivity contribution < 1.29 is 9.47 Å². The van der Waals surface area contributed by atoms with Crippen molar-refractivity contribution in [2.45, 2.75) is 26.8 Å². The molecule has 0 atom stereocenters. The van der Waals surface area contributed by atoms with Crippen LogP contribution < -0.4 is 14.8 Å². The van der Waals surface area contributed by atoms with Gasteiger partial charge < -0.3 is 14.8 Å². The highest BCUT2D eigenvalue weighted by Crippen LogP contribution is 2.27. The third kappa shape index (κ3) is 4.50. The zero-order valence-corrected chi connectivity index (χ0v) is 13.0. The monoisotopic (exact) mass is 285 g/mol. The van der Waals surface area contributed by atoms with E-state index in [1.807, 2.05) is 37.4 Å². The zero-order chi connectivity index (χ0) is 15.1. The first-order valence-corrected chi connectivity index (χ1v) is 7.37. The minimum absolute atomic E-state index is 0.742.